The number of aliphatic carboxylic acids is 2. The first kappa shape index (κ1) is 27.3. The number of carboxylic acids is 2. The third-order valence-electron chi connectivity index (χ3n) is 2.72. The van der Waals surface area contributed by atoms with Crippen LogP contribution in [-0.4, -0.2) is 50.4 Å². The van der Waals surface area contributed by atoms with Gasteiger partial charge in [0.25, 0.3) is 0 Å². The SMILES string of the molecule is CCOCC(=O)[O-].CCOCC(=O)[O-].N[C@@H]1CCCC[C@H]1N.[Pt+2]. The average Bonchev–Trinajstić information content (AvgIpc) is 2.47. The van der Waals surface area contributed by atoms with E-state index in [0.29, 0.717) is 13.2 Å². The van der Waals surface area contributed by atoms with E-state index in [1.807, 2.05) is 0 Å². The maximum atomic E-state index is 9.52. The fraction of sp³-hybridized carbons (Fsp3) is 0.857. The fourth-order valence-corrected chi connectivity index (χ4v) is 1.56. The molecule has 23 heavy (non-hydrogen) atoms. The van der Waals surface area contributed by atoms with Gasteiger partial charge >= 0.3 is 21.1 Å². The molecule has 140 valence electrons. The third-order valence-corrected chi connectivity index (χ3v) is 2.72. The fourth-order valence-electron chi connectivity index (χ4n) is 1.56. The molecule has 2 atom stereocenters. The van der Waals surface area contributed by atoms with Gasteiger partial charge in [0.2, 0.25) is 0 Å². The number of rotatable bonds is 6. The normalized spacial score (nSPS) is 19.1. The van der Waals surface area contributed by atoms with Gasteiger partial charge in [0.15, 0.2) is 0 Å². The molecule has 0 aliphatic heterocycles. The van der Waals surface area contributed by atoms with E-state index in [1.165, 1.54) is 12.8 Å². The van der Waals surface area contributed by atoms with Gasteiger partial charge < -0.3 is 40.7 Å². The van der Waals surface area contributed by atoms with Crippen LogP contribution >= 0.6 is 0 Å². The van der Waals surface area contributed by atoms with E-state index >= 15 is 0 Å². The number of ether oxygens (including phenoxy) is 2. The zero-order valence-corrected chi connectivity index (χ0v) is 16.0. The van der Waals surface area contributed by atoms with Crippen molar-refractivity contribution in [3.8, 4) is 0 Å². The van der Waals surface area contributed by atoms with Crippen LogP contribution in [0.5, 0.6) is 0 Å². The Labute approximate surface area is 152 Å². The summed E-state index contributed by atoms with van der Waals surface area (Å²) in [5, 5.41) is 19.0. The topological polar surface area (TPSA) is 151 Å². The van der Waals surface area contributed by atoms with E-state index in [1.54, 1.807) is 13.8 Å². The molecule has 1 aliphatic carbocycles. The van der Waals surface area contributed by atoms with Gasteiger partial charge in [-0.1, -0.05) is 12.8 Å². The largest absolute Gasteiger partial charge is 2.00 e. The second kappa shape index (κ2) is 19.5. The van der Waals surface area contributed by atoms with Crippen molar-refractivity contribution in [3.05, 3.63) is 0 Å². The van der Waals surface area contributed by atoms with E-state index in [4.69, 9.17) is 11.5 Å². The van der Waals surface area contributed by atoms with E-state index < -0.39 is 11.9 Å². The molecule has 0 amide bonds. The second-order valence-electron chi connectivity index (χ2n) is 4.63. The van der Waals surface area contributed by atoms with E-state index in [9.17, 15) is 19.8 Å². The van der Waals surface area contributed by atoms with E-state index in [-0.39, 0.29) is 46.4 Å². The van der Waals surface area contributed by atoms with Crippen LogP contribution in [0, 0.1) is 0 Å². The summed E-state index contributed by atoms with van der Waals surface area (Å²) in [7, 11) is 0. The Balaban J connectivity index is -0.000000257. The molecule has 4 N–H and O–H groups in total. The molecule has 0 heterocycles. The molecule has 0 spiro atoms. The summed E-state index contributed by atoms with van der Waals surface area (Å²) in [6.07, 6.45) is 4.80. The summed E-state index contributed by atoms with van der Waals surface area (Å²) in [5.74, 6) is -2.33. The second-order valence-corrected chi connectivity index (χ2v) is 4.63. The summed E-state index contributed by atoms with van der Waals surface area (Å²) in [6.45, 7) is 3.71. The van der Waals surface area contributed by atoms with Crippen molar-refractivity contribution in [1.82, 2.24) is 0 Å². The van der Waals surface area contributed by atoms with Gasteiger partial charge in [0.1, 0.15) is 0 Å². The Morgan fingerprint density at radius 2 is 1.22 bits per heavy atom. The molecule has 0 saturated heterocycles. The Bertz CT molecular complexity index is 266. The maximum Gasteiger partial charge on any atom is 2.00 e. The van der Waals surface area contributed by atoms with Crippen LogP contribution in [0.25, 0.3) is 0 Å². The minimum absolute atomic E-state index is 0. The molecular formula is C14H28N2O6Pt. The summed E-state index contributed by atoms with van der Waals surface area (Å²) in [4.78, 5) is 19.0. The van der Waals surface area contributed by atoms with E-state index in [2.05, 4.69) is 9.47 Å². The van der Waals surface area contributed by atoms with Crippen molar-refractivity contribution in [3.63, 3.8) is 0 Å². The van der Waals surface area contributed by atoms with Crippen LogP contribution in [0.4, 0.5) is 0 Å². The third kappa shape index (κ3) is 23.9. The number of hydrogen-bond donors (Lipinski definition) is 2. The first-order valence-corrected chi connectivity index (χ1v) is 7.41. The smallest absolute Gasteiger partial charge is 0.548 e. The average molecular weight is 515 g/mol. The molecule has 9 heteroatoms. The first-order chi connectivity index (χ1) is 10.3. The van der Waals surface area contributed by atoms with Crippen molar-refractivity contribution in [2.24, 2.45) is 11.5 Å². The predicted molar refractivity (Wildman–Crippen MR) is 77.4 cm³/mol. The van der Waals surface area contributed by atoms with Crippen LogP contribution in [-0.2, 0) is 40.1 Å². The van der Waals surface area contributed by atoms with Crippen LogP contribution in [0.2, 0.25) is 0 Å². The van der Waals surface area contributed by atoms with Crippen molar-refractivity contribution >= 4 is 11.9 Å². The molecule has 0 aromatic rings. The standard InChI is InChI=1S/C6H14N2.2C4H8O3.Pt/c7-5-3-1-2-4-6(5)8;2*1-2-7-3-4(5)6;/h5-6H,1-4,7-8H2;2*2-3H2,1H3,(H,5,6);/q;;;+2/p-2/t5-,6-;;;/m1.../s1. The Hall–Kier alpha value is -0.532. The molecule has 0 aromatic carbocycles. The van der Waals surface area contributed by atoms with Gasteiger partial charge in [-0.15, -0.1) is 0 Å². The molecule has 1 rings (SSSR count). The van der Waals surface area contributed by atoms with Crippen molar-refractivity contribution < 1.29 is 50.3 Å². The monoisotopic (exact) mass is 515 g/mol. The number of carbonyl (C=O) groups is 2. The van der Waals surface area contributed by atoms with Crippen LogP contribution < -0.4 is 21.7 Å². The number of nitrogens with two attached hydrogens (primary N) is 2. The van der Waals surface area contributed by atoms with Crippen molar-refractivity contribution in [2.75, 3.05) is 26.4 Å². The first-order valence-electron chi connectivity index (χ1n) is 7.41. The van der Waals surface area contributed by atoms with Crippen LogP contribution in [0.1, 0.15) is 39.5 Å². The molecule has 1 aliphatic rings. The minimum atomic E-state index is -1.16. The number of carboxylic acid groups (broad SMARTS) is 2. The number of carbonyl (C=O) groups excluding carboxylic acids is 2. The summed E-state index contributed by atoms with van der Waals surface area (Å²) in [6, 6.07) is 0.562. The summed E-state index contributed by atoms with van der Waals surface area (Å²) >= 11 is 0. The Morgan fingerprint density at radius 1 is 0.913 bits per heavy atom. The minimum Gasteiger partial charge on any atom is -0.548 e. The van der Waals surface area contributed by atoms with E-state index in [0.717, 1.165) is 12.8 Å². The molecule has 0 aromatic heterocycles. The number of hydrogen-bond acceptors (Lipinski definition) is 8. The molecule has 0 radical (unpaired) electrons. The Morgan fingerprint density at radius 3 is 1.35 bits per heavy atom. The van der Waals surface area contributed by atoms with Crippen molar-refractivity contribution in [2.45, 2.75) is 51.6 Å². The molecule has 0 unspecified atom stereocenters. The van der Waals surface area contributed by atoms with Gasteiger partial charge in [0, 0.05) is 25.3 Å². The predicted octanol–water partition coefficient (Wildman–Crippen LogP) is -2.24. The van der Waals surface area contributed by atoms with Crippen LogP contribution in [0.3, 0.4) is 0 Å². The molecule has 0 bridgehead atoms. The zero-order chi connectivity index (χ0) is 17.4. The molecule has 1 fully saturated rings. The van der Waals surface area contributed by atoms with Gasteiger partial charge in [-0.3, -0.25) is 0 Å². The molecular weight excluding hydrogens is 487 g/mol. The van der Waals surface area contributed by atoms with Gasteiger partial charge in [-0.25, -0.2) is 0 Å². The summed E-state index contributed by atoms with van der Waals surface area (Å²) < 4.78 is 8.87. The van der Waals surface area contributed by atoms with Gasteiger partial charge in [-0.05, 0) is 26.7 Å². The quantitative estimate of drug-likeness (QED) is 0.403. The summed E-state index contributed by atoms with van der Waals surface area (Å²) in [5.41, 5.74) is 11.3. The van der Waals surface area contributed by atoms with Crippen LogP contribution in [0.15, 0.2) is 0 Å². The molecule has 1 saturated carbocycles. The molecule has 8 nitrogen and oxygen atoms in total. The van der Waals surface area contributed by atoms with Gasteiger partial charge in [-0.2, -0.15) is 0 Å². The van der Waals surface area contributed by atoms with Gasteiger partial charge in [0.05, 0.1) is 25.2 Å². The Kier molecular flexibility index (Phi) is 23.2. The maximum absolute atomic E-state index is 9.52. The van der Waals surface area contributed by atoms with Crippen molar-refractivity contribution in [1.29, 1.82) is 0 Å². The zero-order valence-electron chi connectivity index (χ0n) is 13.7.